The number of nitrogens with one attached hydrogen (secondary N) is 1. The number of halogens is 2. The Labute approximate surface area is 263 Å². The van der Waals surface area contributed by atoms with Crippen molar-refractivity contribution in [3.05, 3.63) is 131 Å². The molecule has 0 aliphatic carbocycles. The number of anilines is 1. The minimum atomic E-state index is -4.39. The van der Waals surface area contributed by atoms with Crippen LogP contribution in [0, 0.1) is 5.82 Å². The van der Waals surface area contributed by atoms with Crippen molar-refractivity contribution in [1.29, 1.82) is 0 Å². The summed E-state index contributed by atoms with van der Waals surface area (Å²) in [6.07, 6.45) is 0.822. The van der Waals surface area contributed by atoms with Crippen LogP contribution in [0.5, 0.6) is 0 Å². The molecule has 0 aliphatic rings. The monoisotopic (exact) mass is 635 g/mol. The molecule has 0 saturated carbocycles. The molecule has 4 aromatic rings. The molecule has 2 atom stereocenters. The first-order valence-corrected chi connectivity index (χ1v) is 16.1. The molecule has 1 N–H and O–H groups in total. The smallest absolute Gasteiger partial charge is 0.264 e. The average Bonchev–Trinajstić information content (AvgIpc) is 3.03. The van der Waals surface area contributed by atoms with Crippen molar-refractivity contribution in [2.24, 2.45) is 0 Å². The van der Waals surface area contributed by atoms with E-state index < -0.39 is 40.2 Å². The lowest BCUT2D eigenvalue weighted by Gasteiger charge is -2.34. The second-order valence-electron chi connectivity index (χ2n) is 10.4. The second kappa shape index (κ2) is 15.0. The summed E-state index contributed by atoms with van der Waals surface area (Å²) in [7, 11) is -4.39. The number of rotatable bonds is 13. The molecule has 4 rings (SSSR count). The maximum absolute atomic E-state index is 15.2. The molecule has 230 valence electrons. The molecule has 0 aliphatic heterocycles. The summed E-state index contributed by atoms with van der Waals surface area (Å²) in [4.78, 5) is 29.5. The van der Waals surface area contributed by atoms with Crippen LogP contribution < -0.4 is 9.62 Å². The van der Waals surface area contributed by atoms with Crippen LogP contribution in [-0.2, 0) is 32.6 Å². The largest absolute Gasteiger partial charge is 0.352 e. The van der Waals surface area contributed by atoms with Gasteiger partial charge in [-0.05, 0) is 54.8 Å². The predicted octanol–water partition coefficient (Wildman–Crippen LogP) is 6.23. The van der Waals surface area contributed by atoms with Crippen LogP contribution in [0.4, 0.5) is 10.1 Å². The van der Waals surface area contributed by atoms with Gasteiger partial charge in [0.1, 0.15) is 18.4 Å². The lowest BCUT2D eigenvalue weighted by atomic mass is 10.0. The number of amides is 2. The standard InChI is InChI=1S/C34H35ClFN3O4S/c1-3-25(2)37-34(41)32(22-26-14-6-4-7-15-26)38(23-27-16-10-11-19-29(27)35)33(40)24-39(31-21-13-12-20-30(31)36)44(42,43)28-17-8-5-9-18-28/h4-21,25,32H,3,22-24H2,1-2H3,(H,37,41)/t25-,32-/m1/s1. The zero-order valence-corrected chi connectivity index (χ0v) is 26.1. The number of sulfonamides is 1. The third-order valence-electron chi connectivity index (χ3n) is 7.30. The van der Waals surface area contributed by atoms with Crippen LogP contribution in [0.15, 0.2) is 114 Å². The summed E-state index contributed by atoms with van der Waals surface area (Å²) in [6.45, 7) is 2.96. The number of hydrogen-bond donors (Lipinski definition) is 1. The quantitative estimate of drug-likeness (QED) is 0.189. The molecule has 0 aromatic heterocycles. The normalized spacial score (nSPS) is 12.6. The summed E-state index contributed by atoms with van der Waals surface area (Å²) < 4.78 is 43.8. The summed E-state index contributed by atoms with van der Waals surface area (Å²) in [5.41, 5.74) is 1.09. The number of benzene rings is 4. The van der Waals surface area contributed by atoms with Gasteiger partial charge in [-0.2, -0.15) is 0 Å². The Balaban J connectivity index is 1.82. The van der Waals surface area contributed by atoms with Crippen molar-refractivity contribution in [3.8, 4) is 0 Å². The maximum Gasteiger partial charge on any atom is 0.264 e. The molecule has 44 heavy (non-hydrogen) atoms. The predicted molar refractivity (Wildman–Crippen MR) is 171 cm³/mol. The van der Waals surface area contributed by atoms with Gasteiger partial charge in [-0.3, -0.25) is 13.9 Å². The Bertz CT molecular complexity index is 1670. The number of nitrogens with zero attached hydrogens (tertiary/aromatic N) is 2. The van der Waals surface area contributed by atoms with E-state index >= 15 is 4.39 Å². The zero-order chi connectivity index (χ0) is 31.7. The lowest BCUT2D eigenvalue weighted by Crippen LogP contribution is -2.54. The van der Waals surface area contributed by atoms with Gasteiger partial charge in [0.05, 0.1) is 10.6 Å². The summed E-state index contributed by atoms with van der Waals surface area (Å²) >= 11 is 6.50. The van der Waals surface area contributed by atoms with Gasteiger partial charge in [0.25, 0.3) is 10.0 Å². The van der Waals surface area contributed by atoms with Crippen LogP contribution >= 0.6 is 11.6 Å². The second-order valence-corrected chi connectivity index (χ2v) is 12.7. The Morgan fingerprint density at radius 3 is 2.09 bits per heavy atom. The molecule has 2 amide bonds. The molecule has 7 nitrogen and oxygen atoms in total. The van der Waals surface area contributed by atoms with E-state index in [1.807, 2.05) is 44.2 Å². The Kier molecular flexibility index (Phi) is 11.1. The van der Waals surface area contributed by atoms with Gasteiger partial charge in [0, 0.05) is 24.0 Å². The Hall–Kier alpha value is -4.21. The van der Waals surface area contributed by atoms with Crippen LogP contribution in [0.3, 0.4) is 0 Å². The fraction of sp³-hybridized carbons (Fsp3) is 0.235. The highest BCUT2D eigenvalue weighted by Gasteiger charge is 2.35. The van der Waals surface area contributed by atoms with Crippen molar-refractivity contribution in [3.63, 3.8) is 0 Å². The zero-order valence-electron chi connectivity index (χ0n) is 24.6. The number of hydrogen-bond acceptors (Lipinski definition) is 4. The molecule has 4 aromatic carbocycles. The third kappa shape index (κ3) is 8.03. The number of para-hydroxylation sites is 1. The van der Waals surface area contributed by atoms with E-state index in [-0.39, 0.29) is 29.6 Å². The molecule has 10 heteroatoms. The third-order valence-corrected chi connectivity index (χ3v) is 9.44. The molecule has 0 spiro atoms. The van der Waals surface area contributed by atoms with Gasteiger partial charge in [0.15, 0.2) is 0 Å². The SMILES string of the molecule is CC[C@@H](C)NC(=O)[C@@H](Cc1ccccc1)N(Cc1ccccc1Cl)C(=O)CN(c1ccccc1F)S(=O)(=O)c1ccccc1. The minimum Gasteiger partial charge on any atom is -0.352 e. The molecule has 0 radical (unpaired) electrons. The molecule has 0 unspecified atom stereocenters. The highest BCUT2D eigenvalue weighted by Crippen LogP contribution is 2.28. The average molecular weight is 636 g/mol. The van der Waals surface area contributed by atoms with E-state index in [0.29, 0.717) is 17.0 Å². The summed E-state index contributed by atoms with van der Waals surface area (Å²) in [6, 6.07) is 27.9. The first-order valence-electron chi connectivity index (χ1n) is 14.3. The molecule has 0 saturated heterocycles. The summed E-state index contributed by atoms with van der Waals surface area (Å²) in [5.74, 6) is -1.91. The van der Waals surface area contributed by atoms with Crippen LogP contribution in [0.2, 0.25) is 5.02 Å². The van der Waals surface area contributed by atoms with Crippen molar-refractivity contribution in [1.82, 2.24) is 10.2 Å². The molecule has 0 fully saturated rings. The van der Waals surface area contributed by atoms with Gasteiger partial charge < -0.3 is 10.2 Å². The van der Waals surface area contributed by atoms with E-state index in [9.17, 15) is 18.0 Å². The van der Waals surface area contributed by atoms with Gasteiger partial charge in [-0.15, -0.1) is 0 Å². The van der Waals surface area contributed by atoms with Crippen LogP contribution in [0.1, 0.15) is 31.4 Å². The lowest BCUT2D eigenvalue weighted by molar-refractivity contribution is -0.140. The van der Waals surface area contributed by atoms with Crippen LogP contribution in [0.25, 0.3) is 0 Å². The van der Waals surface area contributed by atoms with Crippen molar-refractivity contribution in [2.45, 2.75) is 50.2 Å². The molecule has 0 bridgehead atoms. The van der Waals surface area contributed by atoms with Gasteiger partial charge >= 0.3 is 0 Å². The van der Waals surface area contributed by atoms with E-state index in [2.05, 4.69) is 5.32 Å². The topological polar surface area (TPSA) is 86.8 Å². The summed E-state index contributed by atoms with van der Waals surface area (Å²) in [5, 5.41) is 3.36. The van der Waals surface area contributed by atoms with Crippen molar-refractivity contribution < 1.29 is 22.4 Å². The fourth-order valence-corrected chi connectivity index (χ4v) is 6.33. The van der Waals surface area contributed by atoms with Gasteiger partial charge in [0.2, 0.25) is 11.8 Å². The fourth-order valence-electron chi connectivity index (χ4n) is 4.69. The highest BCUT2D eigenvalue weighted by molar-refractivity contribution is 7.92. The van der Waals surface area contributed by atoms with Gasteiger partial charge in [-0.25, -0.2) is 12.8 Å². The Morgan fingerprint density at radius 1 is 0.864 bits per heavy atom. The van der Waals surface area contributed by atoms with Crippen LogP contribution in [-0.4, -0.2) is 43.8 Å². The van der Waals surface area contributed by atoms with E-state index in [4.69, 9.17) is 11.6 Å². The van der Waals surface area contributed by atoms with E-state index in [1.165, 1.54) is 35.2 Å². The first-order chi connectivity index (χ1) is 21.1. The van der Waals surface area contributed by atoms with Crippen molar-refractivity contribution in [2.75, 3.05) is 10.8 Å². The van der Waals surface area contributed by atoms with E-state index in [1.54, 1.807) is 42.5 Å². The highest BCUT2D eigenvalue weighted by atomic mass is 35.5. The minimum absolute atomic E-state index is 0.0829. The number of carbonyl (C=O) groups excluding carboxylic acids is 2. The van der Waals surface area contributed by atoms with Gasteiger partial charge in [-0.1, -0.05) is 97.4 Å². The molecular weight excluding hydrogens is 601 g/mol. The maximum atomic E-state index is 15.2. The van der Waals surface area contributed by atoms with Crippen molar-refractivity contribution >= 4 is 39.1 Å². The first kappa shape index (κ1) is 32.7. The molecular formula is C34H35ClFN3O4S. The number of carbonyl (C=O) groups is 2. The molecule has 0 heterocycles. The Morgan fingerprint density at radius 2 is 1.45 bits per heavy atom. The van der Waals surface area contributed by atoms with E-state index in [0.717, 1.165) is 15.9 Å².